The third-order valence-electron chi connectivity index (χ3n) is 5.95. The molecule has 0 radical (unpaired) electrons. The smallest absolute Gasteiger partial charge is 0.217 e. The summed E-state index contributed by atoms with van der Waals surface area (Å²) in [6.45, 7) is 0. The Bertz CT molecular complexity index is 1510. The number of aromatic nitrogens is 1. The van der Waals surface area contributed by atoms with Crippen molar-refractivity contribution < 1.29 is 21.7 Å². The highest BCUT2D eigenvalue weighted by atomic mass is 32.3. The molecular weight excluding hydrogens is 514 g/mol. The van der Waals surface area contributed by atoms with Gasteiger partial charge in [-0.15, -0.1) is 5.10 Å². The Morgan fingerprint density at radius 1 is 0.846 bits per heavy atom. The maximum absolute atomic E-state index is 9.22. The number of rotatable bonds is 7. The Morgan fingerprint density at radius 3 is 1.79 bits per heavy atom. The van der Waals surface area contributed by atoms with Crippen molar-refractivity contribution in [1.82, 2.24) is 0 Å². The molecule has 4 aromatic rings. The van der Waals surface area contributed by atoms with Crippen LogP contribution in [0.2, 0.25) is 0 Å². The lowest BCUT2D eigenvalue weighted by molar-refractivity contribution is -0.644. The number of anilines is 2. The van der Waals surface area contributed by atoms with E-state index in [4.69, 9.17) is 0 Å². The summed E-state index contributed by atoms with van der Waals surface area (Å²) in [5.41, 5.74) is 7.38. The summed E-state index contributed by atoms with van der Waals surface area (Å²) in [5, 5.41) is 10.4. The normalized spacial score (nSPS) is 11.2. The molecule has 10 heteroatoms. The standard InChI is InChI=1S/C28H30N5.CH4O4S/c1-31(2)24-14-10-21(11-15-24)28(22-12-16-25(17-13-22)32(3)4)30-29-20-23-18-19-33(5)27-9-7-6-8-26(23)27;1-5-6(2,3)4/h6-20H,1-5H3;1H3,(H,2,3,4)/q+1;/p-1. The Kier molecular flexibility index (Phi) is 9.89. The van der Waals surface area contributed by atoms with Gasteiger partial charge in [-0.1, -0.05) is 36.4 Å². The van der Waals surface area contributed by atoms with Gasteiger partial charge in [-0.25, -0.2) is 13.0 Å². The number of pyridine rings is 1. The quantitative estimate of drug-likeness (QED) is 0.115. The van der Waals surface area contributed by atoms with Crippen LogP contribution in [-0.4, -0.2) is 60.2 Å². The van der Waals surface area contributed by atoms with Crippen LogP contribution in [0.3, 0.4) is 0 Å². The van der Waals surface area contributed by atoms with Gasteiger partial charge in [-0.3, -0.25) is 4.18 Å². The van der Waals surface area contributed by atoms with E-state index < -0.39 is 10.4 Å². The van der Waals surface area contributed by atoms with Crippen LogP contribution in [0.15, 0.2) is 95.3 Å². The van der Waals surface area contributed by atoms with Gasteiger partial charge in [0.25, 0.3) is 0 Å². The Hall–Kier alpha value is -4.12. The van der Waals surface area contributed by atoms with Crippen LogP contribution in [0.25, 0.3) is 10.9 Å². The Balaban J connectivity index is 0.000000631. The van der Waals surface area contributed by atoms with E-state index in [2.05, 4.69) is 95.5 Å². The predicted octanol–water partition coefficient (Wildman–Crippen LogP) is 3.76. The molecule has 0 saturated heterocycles. The van der Waals surface area contributed by atoms with Crippen LogP contribution in [0.1, 0.15) is 16.7 Å². The van der Waals surface area contributed by atoms with E-state index >= 15 is 0 Å². The first-order chi connectivity index (χ1) is 18.5. The summed E-state index contributed by atoms with van der Waals surface area (Å²) < 4.78 is 33.1. The lowest BCUT2D eigenvalue weighted by Gasteiger charge is -2.15. The van der Waals surface area contributed by atoms with Crippen LogP contribution < -0.4 is 14.4 Å². The molecule has 1 aromatic heterocycles. The largest absolute Gasteiger partial charge is 0.726 e. The van der Waals surface area contributed by atoms with E-state index in [0.717, 1.165) is 51.8 Å². The molecule has 0 bridgehead atoms. The van der Waals surface area contributed by atoms with Gasteiger partial charge in [0.15, 0.2) is 6.20 Å². The Morgan fingerprint density at radius 2 is 1.33 bits per heavy atom. The van der Waals surface area contributed by atoms with E-state index in [1.807, 2.05) is 59.8 Å². The van der Waals surface area contributed by atoms with Crippen molar-refractivity contribution >= 4 is 44.6 Å². The van der Waals surface area contributed by atoms with Crippen molar-refractivity contribution in [3.05, 3.63) is 102 Å². The van der Waals surface area contributed by atoms with Crippen molar-refractivity contribution in [3.8, 4) is 0 Å². The highest BCUT2D eigenvalue weighted by Crippen LogP contribution is 2.19. The minimum atomic E-state index is -4.41. The summed E-state index contributed by atoms with van der Waals surface area (Å²) in [4.78, 5) is 4.18. The van der Waals surface area contributed by atoms with Gasteiger partial charge in [0.05, 0.1) is 18.7 Å². The van der Waals surface area contributed by atoms with E-state index in [9.17, 15) is 13.0 Å². The van der Waals surface area contributed by atoms with Crippen LogP contribution in [0, 0.1) is 0 Å². The molecule has 0 saturated carbocycles. The molecule has 4 rings (SSSR count). The fraction of sp³-hybridized carbons (Fsp3) is 0.207. The summed E-state index contributed by atoms with van der Waals surface area (Å²) >= 11 is 0. The zero-order valence-electron chi connectivity index (χ0n) is 22.9. The first kappa shape index (κ1) is 29.4. The van der Waals surface area contributed by atoms with Gasteiger partial charge < -0.3 is 14.4 Å². The Labute approximate surface area is 230 Å². The molecule has 0 spiro atoms. The van der Waals surface area contributed by atoms with Crippen molar-refractivity contribution in [2.45, 2.75) is 0 Å². The summed E-state index contributed by atoms with van der Waals surface area (Å²) in [5.74, 6) is 0. The van der Waals surface area contributed by atoms with Crippen LogP contribution in [0.4, 0.5) is 11.4 Å². The molecule has 0 N–H and O–H groups in total. The number of hydrogen-bond donors (Lipinski definition) is 0. The minimum absolute atomic E-state index is 0.808. The molecule has 0 aliphatic heterocycles. The maximum atomic E-state index is 9.22. The van der Waals surface area contributed by atoms with E-state index in [1.165, 1.54) is 0 Å². The molecule has 0 aliphatic rings. The fourth-order valence-electron chi connectivity index (χ4n) is 3.77. The molecule has 0 atom stereocenters. The van der Waals surface area contributed by atoms with Gasteiger partial charge in [0.2, 0.25) is 15.9 Å². The molecule has 0 amide bonds. The number of aryl methyl sites for hydroxylation is 1. The average molecular weight is 548 g/mol. The molecule has 0 fully saturated rings. The lowest BCUT2D eigenvalue weighted by Crippen LogP contribution is -2.28. The molecular formula is C29H33N5O4S. The SMILES string of the molecule is CN(C)c1ccc(C(=NN=Cc2cc[n+](C)c3ccccc23)c2ccc(N(C)C)cc2)cc1.COS(=O)(=O)[O-]. The minimum Gasteiger partial charge on any atom is -0.726 e. The second-order valence-corrected chi connectivity index (χ2v) is 10.2. The molecule has 0 aliphatic carbocycles. The number of hydrogen-bond acceptors (Lipinski definition) is 8. The highest BCUT2D eigenvalue weighted by Gasteiger charge is 2.10. The summed E-state index contributed by atoms with van der Waals surface area (Å²) in [6.07, 6.45) is 3.89. The second kappa shape index (κ2) is 13.1. The molecule has 9 nitrogen and oxygen atoms in total. The fourth-order valence-corrected chi connectivity index (χ4v) is 3.77. The molecule has 1 heterocycles. The zero-order chi connectivity index (χ0) is 28.6. The topological polar surface area (TPSA) is 102 Å². The van der Waals surface area contributed by atoms with Crippen LogP contribution >= 0.6 is 0 Å². The summed E-state index contributed by atoms with van der Waals surface area (Å²) in [7, 11) is 6.61. The van der Waals surface area contributed by atoms with Gasteiger partial charge in [-0.05, 0) is 30.3 Å². The van der Waals surface area contributed by atoms with E-state index in [-0.39, 0.29) is 0 Å². The molecule has 3 aromatic carbocycles. The number of benzene rings is 3. The third-order valence-corrected chi connectivity index (χ3v) is 6.35. The number of para-hydroxylation sites is 1. The van der Waals surface area contributed by atoms with Gasteiger partial charge in [0.1, 0.15) is 12.8 Å². The lowest BCUT2D eigenvalue weighted by atomic mass is 10.0. The zero-order valence-corrected chi connectivity index (χ0v) is 23.8. The highest BCUT2D eigenvalue weighted by molar-refractivity contribution is 7.80. The van der Waals surface area contributed by atoms with E-state index in [1.54, 1.807) is 0 Å². The predicted molar refractivity (Wildman–Crippen MR) is 157 cm³/mol. The van der Waals surface area contributed by atoms with Crippen molar-refractivity contribution in [3.63, 3.8) is 0 Å². The van der Waals surface area contributed by atoms with Gasteiger partial charge >= 0.3 is 0 Å². The number of fused-ring (bicyclic) bond motifs is 1. The second-order valence-electron chi connectivity index (χ2n) is 9.05. The number of nitrogens with zero attached hydrogens (tertiary/aromatic N) is 5. The first-order valence-electron chi connectivity index (χ1n) is 12.1. The van der Waals surface area contributed by atoms with Crippen molar-refractivity contribution in [1.29, 1.82) is 0 Å². The van der Waals surface area contributed by atoms with Crippen molar-refractivity contribution in [2.75, 3.05) is 45.1 Å². The average Bonchev–Trinajstić information content (AvgIpc) is 2.92. The van der Waals surface area contributed by atoms with Gasteiger partial charge in [-0.2, -0.15) is 5.10 Å². The van der Waals surface area contributed by atoms with Crippen molar-refractivity contribution in [2.24, 2.45) is 17.3 Å². The van der Waals surface area contributed by atoms with Crippen LogP contribution in [-0.2, 0) is 21.6 Å². The molecule has 204 valence electrons. The monoisotopic (exact) mass is 547 g/mol. The van der Waals surface area contributed by atoms with Gasteiger partial charge in [0, 0.05) is 68.4 Å². The third kappa shape index (κ3) is 8.18. The first-order valence-corrected chi connectivity index (χ1v) is 13.4. The van der Waals surface area contributed by atoms with E-state index in [0.29, 0.717) is 0 Å². The maximum Gasteiger partial charge on any atom is 0.217 e. The molecule has 39 heavy (non-hydrogen) atoms. The van der Waals surface area contributed by atoms with Crippen LogP contribution in [0.5, 0.6) is 0 Å². The summed E-state index contributed by atoms with van der Waals surface area (Å²) in [6, 6.07) is 27.2. The molecule has 0 unspecified atom stereocenters.